The summed E-state index contributed by atoms with van der Waals surface area (Å²) in [4.78, 5) is 0. The molecule has 0 unspecified atom stereocenters. The monoisotopic (exact) mass is 202 g/mol. The molecule has 2 nitrogen and oxygen atoms in total. The summed E-state index contributed by atoms with van der Waals surface area (Å²) in [6.45, 7) is 1.77. The molecule has 0 aliphatic heterocycles. The third-order valence-electron chi connectivity index (χ3n) is 2.55. The lowest BCUT2D eigenvalue weighted by molar-refractivity contribution is 0.199. The third-order valence-corrected chi connectivity index (χ3v) is 2.55. The number of rotatable bonds is 2. The van der Waals surface area contributed by atoms with E-state index in [1.165, 1.54) is 0 Å². The second-order valence-electron chi connectivity index (χ2n) is 3.65. The molecule has 1 N–H and O–H groups in total. The summed E-state index contributed by atoms with van der Waals surface area (Å²) in [6, 6.07) is 11.8. The average molecular weight is 202 g/mol. The summed E-state index contributed by atoms with van der Waals surface area (Å²) >= 11 is 0. The van der Waals surface area contributed by atoms with Crippen LogP contribution in [-0.2, 0) is 0 Å². The maximum atomic E-state index is 9.46. The van der Waals surface area contributed by atoms with Gasteiger partial charge in [-0.3, -0.25) is 0 Å². The van der Waals surface area contributed by atoms with Gasteiger partial charge in [0.25, 0.3) is 0 Å². The molecule has 2 heteroatoms. The third kappa shape index (κ3) is 1.95. The molecule has 0 amide bonds. The van der Waals surface area contributed by atoms with E-state index in [2.05, 4.69) is 0 Å². The van der Waals surface area contributed by atoms with E-state index in [4.69, 9.17) is 4.74 Å². The van der Waals surface area contributed by atoms with Crippen LogP contribution in [0, 0.1) is 0 Å². The van der Waals surface area contributed by atoms with E-state index in [1.807, 2.05) is 36.4 Å². The van der Waals surface area contributed by atoms with Crippen molar-refractivity contribution < 1.29 is 9.84 Å². The van der Waals surface area contributed by atoms with Crippen LogP contribution in [0.15, 0.2) is 36.4 Å². The molecule has 2 rings (SSSR count). The number of aliphatic hydroxyl groups excluding tert-OH is 1. The maximum absolute atomic E-state index is 9.46. The lowest BCUT2D eigenvalue weighted by atomic mass is 10.0. The summed E-state index contributed by atoms with van der Waals surface area (Å²) in [5.41, 5.74) is 0.938. The number of fused-ring (bicyclic) bond motifs is 1. The first kappa shape index (κ1) is 9.99. The molecule has 0 aliphatic rings. The quantitative estimate of drug-likeness (QED) is 0.811. The number of hydrogen-bond donors (Lipinski definition) is 1. The zero-order chi connectivity index (χ0) is 10.8. The maximum Gasteiger partial charge on any atom is 0.119 e. The first-order valence-corrected chi connectivity index (χ1v) is 4.96. The SMILES string of the molecule is COc1ccc2cc([C@H](C)O)ccc2c1. The first-order chi connectivity index (χ1) is 7.20. The standard InChI is InChI=1S/C13H14O2/c1-9(14)10-3-4-12-8-13(15-2)6-5-11(12)7-10/h3-9,14H,1-2H3/t9-/m0/s1. The van der Waals surface area contributed by atoms with Gasteiger partial charge in [-0.2, -0.15) is 0 Å². The minimum Gasteiger partial charge on any atom is -0.497 e. The molecule has 0 bridgehead atoms. The molecule has 2 aromatic rings. The number of methoxy groups -OCH3 is 1. The van der Waals surface area contributed by atoms with Crippen molar-refractivity contribution in [2.75, 3.05) is 7.11 Å². The van der Waals surface area contributed by atoms with Crippen molar-refractivity contribution >= 4 is 10.8 Å². The molecule has 1 atom stereocenters. The largest absolute Gasteiger partial charge is 0.497 e. The summed E-state index contributed by atoms with van der Waals surface area (Å²) in [6.07, 6.45) is -0.420. The molecule has 0 aliphatic carbocycles. The summed E-state index contributed by atoms with van der Waals surface area (Å²) < 4.78 is 5.15. The van der Waals surface area contributed by atoms with Crippen LogP contribution in [0.3, 0.4) is 0 Å². The minimum atomic E-state index is -0.420. The van der Waals surface area contributed by atoms with Crippen molar-refractivity contribution in [3.05, 3.63) is 42.0 Å². The normalized spacial score (nSPS) is 12.7. The van der Waals surface area contributed by atoms with E-state index in [9.17, 15) is 5.11 Å². The van der Waals surface area contributed by atoms with Crippen molar-refractivity contribution in [1.29, 1.82) is 0 Å². The van der Waals surface area contributed by atoms with E-state index < -0.39 is 6.10 Å². The van der Waals surface area contributed by atoms with Gasteiger partial charge in [-0.05, 0) is 41.5 Å². The molecule has 0 spiro atoms. The molecular formula is C13H14O2. The fourth-order valence-electron chi connectivity index (χ4n) is 1.63. The smallest absolute Gasteiger partial charge is 0.119 e. The van der Waals surface area contributed by atoms with Gasteiger partial charge in [0.2, 0.25) is 0 Å². The number of hydrogen-bond acceptors (Lipinski definition) is 2. The molecule has 2 aromatic carbocycles. The Balaban J connectivity index is 2.55. The fourth-order valence-corrected chi connectivity index (χ4v) is 1.63. The molecule has 15 heavy (non-hydrogen) atoms. The molecule has 0 aromatic heterocycles. The van der Waals surface area contributed by atoms with E-state index in [0.29, 0.717) is 0 Å². The Hall–Kier alpha value is -1.54. The minimum absolute atomic E-state index is 0.420. The Morgan fingerprint density at radius 1 is 1.07 bits per heavy atom. The summed E-state index contributed by atoms with van der Waals surface area (Å²) in [5.74, 6) is 0.854. The van der Waals surface area contributed by atoms with Gasteiger partial charge in [-0.1, -0.05) is 18.2 Å². The van der Waals surface area contributed by atoms with E-state index >= 15 is 0 Å². The van der Waals surface area contributed by atoms with Crippen LogP contribution in [-0.4, -0.2) is 12.2 Å². The van der Waals surface area contributed by atoms with E-state index in [0.717, 1.165) is 22.1 Å². The van der Waals surface area contributed by atoms with Gasteiger partial charge in [0, 0.05) is 0 Å². The van der Waals surface area contributed by atoms with Crippen LogP contribution < -0.4 is 4.74 Å². The van der Waals surface area contributed by atoms with Gasteiger partial charge in [0.1, 0.15) is 5.75 Å². The number of ether oxygens (including phenoxy) is 1. The summed E-state index contributed by atoms with van der Waals surface area (Å²) in [5, 5.41) is 11.7. The van der Waals surface area contributed by atoms with Gasteiger partial charge in [-0.25, -0.2) is 0 Å². The molecular weight excluding hydrogens is 188 g/mol. The van der Waals surface area contributed by atoms with Gasteiger partial charge >= 0.3 is 0 Å². The molecule has 78 valence electrons. The lowest BCUT2D eigenvalue weighted by Gasteiger charge is -2.07. The van der Waals surface area contributed by atoms with Crippen molar-refractivity contribution in [3.8, 4) is 5.75 Å². The van der Waals surface area contributed by atoms with E-state index in [1.54, 1.807) is 14.0 Å². The molecule has 0 heterocycles. The molecule has 0 saturated heterocycles. The highest BCUT2D eigenvalue weighted by Crippen LogP contribution is 2.23. The lowest BCUT2D eigenvalue weighted by Crippen LogP contribution is -1.90. The van der Waals surface area contributed by atoms with Gasteiger partial charge < -0.3 is 9.84 Å². The molecule has 0 radical (unpaired) electrons. The van der Waals surface area contributed by atoms with Gasteiger partial charge in [-0.15, -0.1) is 0 Å². The molecule has 0 saturated carbocycles. The average Bonchev–Trinajstić information content (AvgIpc) is 2.27. The highest BCUT2D eigenvalue weighted by atomic mass is 16.5. The van der Waals surface area contributed by atoms with Crippen LogP contribution in [0.25, 0.3) is 10.8 Å². The first-order valence-electron chi connectivity index (χ1n) is 4.96. The molecule has 0 fully saturated rings. The Kier molecular flexibility index (Phi) is 2.60. The highest BCUT2D eigenvalue weighted by Gasteiger charge is 2.02. The Bertz CT molecular complexity index is 475. The van der Waals surface area contributed by atoms with Crippen molar-refractivity contribution in [2.45, 2.75) is 13.0 Å². The topological polar surface area (TPSA) is 29.5 Å². The highest BCUT2D eigenvalue weighted by molar-refractivity contribution is 5.84. The van der Waals surface area contributed by atoms with Crippen LogP contribution in [0.1, 0.15) is 18.6 Å². The Labute approximate surface area is 89.1 Å². The number of aliphatic hydroxyl groups is 1. The van der Waals surface area contributed by atoms with Gasteiger partial charge in [0.05, 0.1) is 13.2 Å². The van der Waals surface area contributed by atoms with Crippen LogP contribution >= 0.6 is 0 Å². The van der Waals surface area contributed by atoms with Crippen molar-refractivity contribution in [1.82, 2.24) is 0 Å². The second-order valence-corrected chi connectivity index (χ2v) is 3.65. The predicted octanol–water partition coefficient (Wildman–Crippen LogP) is 2.90. The zero-order valence-corrected chi connectivity index (χ0v) is 8.90. The Morgan fingerprint density at radius 2 is 1.73 bits per heavy atom. The fraction of sp³-hybridized carbons (Fsp3) is 0.231. The van der Waals surface area contributed by atoms with Crippen LogP contribution in [0.4, 0.5) is 0 Å². The summed E-state index contributed by atoms with van der Waals surface area (Å²) in [7, 11) is 1.66. The number of benzene rings is 2. The van der Waals surface area contributed by atoms with E-state index in [-0.39, 0.29) is 0 Å². The van der Waals surface area contributed by atoms with Crippen molar-refractivity contribution in [3.63, 3.8) is 0 Å². The predicted molar refractivity (Wildman–Crippen MR) is 61.1 cm³/mol. The zero-order valence-electron chi connectivity index (χ0n) is 8.90. The van der Waals surface area contributed by atoms with Crippen LogP contribution in [0.5, 0.6) is 5.75 Å². The van der Waals surface area contributed by atoms with Crippen LogP contribution in [0.2, 0.25) is 0 Å². The Morgan fingerprint density at radius 3 is 2.40 bits per heavy atom. The second kappa shape index (κ2) is 3.91. The van der Waals surface area contributed by atoms with Crippen molar-refractivity contribution in [2.24, 2.45) is 0 Å². The van der Waals surface area contributed by atoms with Gasteiger partial charge in [0.15, 0.2) is 0 Å².